The number of hydrogen-bond donors (Lipinski definition) is 4. The van der Waals surface area contributed by atoms with Crippen molar-refractivity contribution in [2.45, 2.75) is 19.4 Å². The number of carbonyl (C=O) groups excluding carboxylic acids is 1. The maximum absolute atomic E-state index is 13.0. The molecule has 1 aromatic heterocycles. The lowest BCUT2D eigenvalue weighted by Gasteiger charge is -2.40. The molecule has 2 aromatic rings. The van der Waals surface area contributed by atoms with Gasteiger partial charge in [-0.25, -0.2) is 0 Å². The first kappa shape index (κ1) is 19.0. The van der Waals surface area contributed by atoms with Crippen LogP contribution >= 0.6 is 0 Å². The molecule has 4 N–H and O–H groups in total. The summed E-state index contributed by atoms with van der Waals surface area (Å²) < 4.78 is 31.6. The normalized spacial score (nSPS) is 25.2. The van der Waals surface area contributed by atoms with Gasteiger partial charge in [-0.15, -0.1) is 0 Å². The zero-order chi connectivity index (χ0) is 18.9. The number of hydrogen-bond acceptors (Lipinski definition) is 5. The van der Waals surface area contributed by atoms with E-state index in [0.29, 0.717) is 0 Å². The van der Waals surface area contributed by atoms with Crippen molar-refractivity contribution in [2.24, 2.45) is 11.8 Å². The van der Waals surface area contributed by atoms with Crippen LogP contribution in [0.5, 0.6) is 0 Å². The van der Waals surface area contributed by atoms with Crippen LogP contribution in [0.15, 0.2) is 24.3 Å². The molecule has 9 heteroatoms. The molecule has 2 bridgehead atoms. The van der Waals surface area contributed by atoms with Gasteiger partial charge in [0.15, 0.2) is 5.78 Å². The summed E-state index contributed by atoms with van der Waals surface area (Å²) in [5.74, 6) is 0.593. The number of aromatic nitrogens is 1. The average molecular weight is 382 g/mol. The molecule has 3 aliphatic rings. The molecule has 0 saturated carbocycles. The Hall–Kier alpha value is -1.78. The van der Waals surface area contributed by atoms with E-state index in [9.17, 15) is 9.90 Å². The molecular weight excluding hydrogens is 360 g/mol. The number of carbonyl (C=O) groups is 1. The van der Waals surface area contributed by atoms with Gasteiger partial charge in [0.1, 0.15) is 0 Å². The van der Waals surface area contributed by atoms with E-state index in [1.165, 1.54) is 5.39 Å². The van der Waals surface area contributed by atoms with Gasteiger partial charge in [0, 0.05) is 42.1 Å². The van der Waals surface area contributed by atoms with Gasteiger partial charge in [0.25, 0.3) is 0 Å². The number of nitrogens with one attached hydrogen (secondary N) is 1. The van der Waals surface area contributed by atoms with Gasteiger partial charge in [-0.2, -0.15) is 8.42 Å². The fourth-order valence-corrected chi connectivity index (χ4v) is 4.04. The molecule has 0 spiro atoms. The van der Waals surface area contributed by atoms with Crippen LogP contribution in [0.2, 0.25) is 0 Å². The standard InChI is InChI=1S/C17H20N2O2.H2O4S/c20-8-6-11-9-19-7-5-12(11)17(21)16-14(10-19)13-3-1-2-4-15(13)18-16;1-5(2,3)4/h1-4,11-12,18,20H,5-10H2;(H2,1,2,3,4). The summed E-state index contributed by atoms with van der Waals surface area (Å²) >= 11 is 0. The number of nitrogens with zero attached hydrogens (tertiary/aromatic N) is 1. The lowest BCUT2D eigenvalue weighted by atomic mass is 9.77. The molecule has 0 aliphatic carbocycles. The molecular formula is C17H22N2O6S. The van der Waals surface area contributed by atoms with E-state index in [-0.39, 0.29) is 24.2 Å². The van der Waals surface area contributed by atoms with Crippen LogP contribution in [0.25, 0.3) is 10.9 Å². The lowest BCUT2D eigenvalue weighted by molar-refractivity contribution is 0.0590. The van der Waals surface area contributed by atoms with E-state index < -0.39 is 10.4 Å². The smallest absolute Gasteiger partial charge is 0.394 e. The minimum absolute atomic E-state index is 0.0560. The van der Waals surface area contributed by atoms with Crippen molar-refractivity contribution in [1.29, 1.82) is 0 Å². The summed E-state index contributed by atoms with van der Waals surface area (Å²) in [4.78, 5) is 18.7. The Morgan fingerprint density at radius 2 is 1.92 bits per heavy atom. The fourth-order valence-electron chi connectivity index (χ4n) is 4.04. The minimum Gasteiger partial charge on any atom is -0.396 e. The Labute approximate surface area is 151 Å². The molecule has 1 aromatic carbocycles. The monoisotopic (exact) mass is 382 g/mol. The number of benzene rings is 1. The fraction of sp³-hybridized carbons (Fsp3) is 0.471. The highest BCUT2D eigenvalue weighted by molar-refractivity contribution is 7.79. The highest BCUT2D eigenvalue weighted by Gasteiger charge is 2.38. The molecule has 1 fully saturated rings. The third-order valence-electron chi connectivity index (χ3n) is 5.10. The van der Waals surface area contributed by atoms with Crippen molar-refractivity contribution in [3.05, 3.63) is 35.5 Å². The topological polar surface area (TPSA) is 131 Å². The first-order valence-electron chi connectivity index (χ1n) is 8.45. The molecule has 26 heavy (non-hydrogen) atoms. The summed E-state index contributed by atoms with van der Waals surface area (Å²) in [5.41, 5.74) is 3.01. The SMILES string of the molecule is O=C1c2[nH]c3ccccc3c2CN2CCC1C(CCO)C2.O=S(=O)(O)O. The second-order valence-corrected chi connectivity index (χ2v) is 7.63. The van der Waals surface area contributed by atoms with Crippen LogP contribution in [-0.4, -0.2) is 58.0 Å². The van der Waals surface area contributed by atoms with Crippen molar-refractivity contribution in [1.82, 2.24) is 9.88 Å². The first-order valence-corrected chi connectivity index (χ1v) is 9.84. The van der Waals surface area contributed by atoms with Gasteiger partial charge in [-0.1, -0.05) is 18.2 Å². The molecule has 4 heterocycles. The van der Waals surface area contributed by atoms with Crippen molar-refractivity contribution in [3.8, 4) is 0 Å². The van der Waals surface area contributed by atoms with Crippen LogP contribution in [0.1, 0.15) is 28.9 Å². The number of H-pyrrole nitrogens is 1. The van der Waals surface area contributed by atoms with Gasteiger partial charge in [-0.05, 0) is 31.4 Å². The predicted octanol–water partition coefficient (Wildman–Crippen LogP) is 1.53. The number of fused-ring (bicyclic) bond motifs is 3. The number of aliphatic hydroxyl groups excluding tert-OH is 1. The average Bonchev–Trinajstić information content (AvgIpc) is 2.90. The number of rotatable bonds is 2. The van der Waals surface area contributed by atoms with Gasteiger partial charge in [0.05, 0.1) is 5.69 Å². The zero-order valence-electron chi connectivity index (χ0n) is 14.1. The van der Waals surface area contributed by atoms with Gasteiger partial charge in [-0.3, -0.25) is 18.8 Å². The summed E-state index contributed by atoms with van der Waals surface area (Å²) in [6.07, 6.45) is 1.64. The lowest BCUT2D eigenvalue weighted by Crippen LogP contribution is -2.45. The molecule has 1 saturated heterocycles. The third kappa shape index (κ3) is 4.13. The highest BCUT2D eigenvalue weighted by atomic mass is 32.3. The second kappa shape index (κ2) is 7.45. The van der Waals surface area contributed by atoms with E-state index in [1.807, 2.05) is 18.2 Å². The Kier molecular flexibility index (Phi) is 5.44. The molecule has 3 aliphatic heterocycles. The summed E-state index contributed by atoms with van der Waals surface area (Å²) in [6.45, 7) is 2.91. The Morgan fingerprint density at radius 1 is 1.23 bits per heavy atom. The van der Waals surface area contributed by atoms with Crippen molar-refractivity contribution >= 4 is 27.1 Å². The van der Waals surface area contributed by atoms with Gasteiger partial charge in [0.2, 0.25) is 0 Å². The van der Waals surface area contributed by atoms with Crippen LogP contribution in [0.4, 0.5) is 0 Å². The van der Waals surface area contributed by atoms with Crippen molar-refractivity contribution in [2.75, 3.05) is 19.7 Å². The van der Waals surface area contributed by atoms with E-state index in [2.05, 4.69) is 16.0 Å². The Balaban J connectivity index is 0.000000349. The van der Waals surface area contributed by atoms with Crippen LogP contribution in [0.3, 0.4) is 0 Å². The van der Waals surface area contributed by atoms with Crippen molar-refractivity contribution in [3.63, 3.8) is 0 Å². The van der Waals surface area contributed by atoms with Crippen LogP contribution in [0, 0.1) is 11.8 Å². The summed E-state index contributed by atoms with van der Waals surface area (Å²) in [5, 5.41) is 10.4. The van der Waals surface area contributed by atoms with E-state index in [1.54, 1.807) is 0 Å². The highest BCUT2D eigenvalue weighted by Crippen LogP contribution is 2.36. The maximum Gasteiger partial charge on any atom is 0.394 e. The number of Topliss-reactive ketones (excluding diaryl/α,β-unsaturated/α-hetero) is 1. The number of ketones is 1. The molecule has 3 unspecified atom stereocenters. The summed E-state index contributed by atoms with van der Waals surface area (Å²) in [7, 11) is -4.67. The molecule has 0 radical (unpaired) electrons. The Bertz CT molecular complexity index is 899. The van der Waals surface area contributed by atoms with Crippen LogP contribution < -0.4 is 0 Å². The molecule has 3 atom stereocenters. The number of aromatic amines is 1. The first-order chi connectivity index (χ1) is 12.3. The molecule has 5 rings (SSSR count). The third-order valence-corrected chi connectivity index (χ3v) is 5.10. The van der Waals surface area contributed by atoms with Gasteiger partial charge < -0.3 is 10.1 Å². The van der Waals surface area contributed by atoms with E-state index >= 15 is 0 Å². The predicted molar refractivity (Wildman–Crippen MR) is 95.4 cm³/mol. The van der Waals surface area contributed by atoms with Crippen LogP contribution in [-0.2, 0) is 16.9 Å². The maximum atomic E-state index is 13.0. The quantitative estimate of drug-likeness (QED) is 0.579. The number of piperidine rings is 1. The number of para-hydroxylation sites is 1. The number of aliphatic hydroxyl groups is 1. The van der Waals surface area contributed by atoms with Gasteiger partial charge >= 0.3 is 10.4 Å². The zero-order valence-corrected chi connectivity index (χ0v) is 14.9. The van der Waals surface area contributed by atoms with E-state index in [4.69, 9.17) is 17.5 Å². The van der Waals surface area contributed by atoms with E-state index in [0.717, 1.165) is 49.2 Å². The Morgan fingerprint density at radius 3 is 2.62 bits per heavy atom. The van der Waals surface area contributed by atoms with Crippen molar-refractivity contribution < 1.29 is 27.4 Å². The largest absolute Gasteiger partial charge is 0.396 e. The molecule has 8 nitrogen and oxygen atoms in total. The second-order valence-electron chi connectivity index (χ2n) is 6.74. The summed E-state index contributed by atoms with van der Waals surface area (Å²) in [6, 6.07) is 8.16. The minimum atomic E-state index is -4.67. The molecule has 142 valence electrons. The molecule has 0 amide bonds.